The van der Waals surface area contributed by atoms with E-state index < -0.39 is 40.5 Å². The first-order valence-electron chi connectivity index (χ1n) is 14.2. The predicted octanol–water partition coefficient (Wildman–Crippen LogP) is 4.15. The number of rotatable bonds is 2. The van der Waals surface area contributed by atoms with Gasteiger partial charge in [-0.05, 0) is 92.3 Å². The molecule has 36 heavy (non-hydrogen) atoms. The fourth-order valence-corrected chi connectivity index (χ4v) is 11.0. The molecule has 0 aliphatic heterocycles. The van der Waals surface area contributed by atoms with E-state index in [9.17, 15) is 30.3 Å². The maximum atomic E-state index is 12.8. The number of carboxylic acid groups (broad SMARTS) is 1. The molecular weight excluding hydrogens is 456 g/mol. The van der Waals surface area contributed by atoms with Crippen LogP contribution in [0.15, 0.2) is 11.6 Å². The minimum atomic E-state index is -1.09. The van der Waals surface area contributed by atoms with Crippen LogP contribution in [0.4, 0.5) is 0 Å². The Labute approximate surface area is 216 Å². The highest BCUT2D eigenvalue weighted by Gasteiger charge is 2.72. The van der Waals surface area contributed by atoms with Crippen molar-refractivity contribution in [3.63, 3.8) is 0 Å². The van der Waals surface area contributed by atoms with Gasteiger partial charge in [0, 0.05) is 11.3 Å². The lowest BCUT2D eigenvalue weighted by atomic mass is 9.33. The lowest BCUT2D eigenvalue weighted by Crippen LogP contribution is -2.69. The number of hydrogen-bond donors (Lipinski definition) is 5. The molecule has 0 amide bonds. The van der Waals surface area contributed by atoms with Crippen molar-refractivity contribution in [1.82, 2.24) is 0 Å². The summed E-state index contributed by atoms with van der Waals surface area (Å²) in [5.74, 6) is -0.834. The Kier molecular flexibility index (Phi) is 5.77. The summed E-state index contributed by atoms with van der Waals surface area (Å²) in [6.07, 6.45) is 6.20. The summed E-state index contributed by atoms with van der Waals surface area (Å²) < 4.78 is 0. The van der Waals surface area contributed by atoms with Gasteiger partial charge in [0.25, 0.3) is 0 Å². The van der Waals surface area contributed by atoms with Crippen LogP contribution in [-0.4, -0.2) is 55.9 Å². The molecule has 0 bridgehead atoms. The molecule has 0 spiro atoms. The highest BCUT2D eigenvalue weighted by Crippen LogP contribution is 2.76. The molecule has 0 radical (unpaired) electrons. The molecule has 0 unspecified atom stereocenters. The average Bonchev–Trinajstić information content (AvgIpc) is 2.80. The molecule has 5 aliphatic carbocycles. The highest BCUT2D eigenvalue weighted by atomic mass is 16.4. The molecule has 5 N–H and O–H groups in total. The van der Waals surface area contributed by atoms with Crippen molar-refractivity contribution in [1.29, 1.82) is 0 Å². The van der Waals surface area contributed by atoms with Crippen LogP contribution >= 0.6 is 0 Å². The van der Waals surface area contributed by atoms with E-state index in [1.165, 1.54) is 0 Å². The van der Waals surface area contributed by atoms with Crippen molar-refractivity contribution in [3.8, 4) is 0 Å². The Balaban J connectivity index is 1.65. The van der Waals surface area contributed by atoms with Crippen LogP contribution in [0.3, 0.4) is 0 Å². The molecule has 5 aliphatic rings. The van der Waals surface area contributed by atoms with Crippen molar-refractivity contribution < 1.29 is 30.3 Å². The maximum absolute atomic E-state index is 12.8. The smallest absolute Gasteiger partial charge is 0.310 e. The summed E-state index contributed by atoms with van der Waals surface area (Å²) in [6.45, 7) is 12.6. The molecule has 0 saturated heterocycles. The quantitative estimate of drug-likeness (QED) is 0.361. The molecule has 0 aromatic carbocycles. The van der Waals surface area contributed by atoms with E-state index in [0.29, 0.717) is 19.3 Å². The van der Waals surface area contributed by atoms with E-state index in [-0.39, 0.29) is 40.6 Å². The van der Waals surface area contributed by atoms with Gasteiger partial charge in [0.1, 0.15) is 0 Å². The molecule has 6 nitrogen and oxygen atoms in total. The Hall–Kier alpha value is -0.950. The number of fused-ring (bicyclic) bond motifs is 7. The standard InChI is InChI=1S/C30H48O6/c1-17-9-12-30(24(34)35)14-13-27(4)18(22(30)29(17,6)36)7-8-21-25(2)15-19(32)23(33)26(3,16-31)20(25)10-11-28(21,27)5/h7,17,19-23,31-33,36H,8-16H2,1-6H3,(H,34,35)/t17-,19+,20+,21-,22+,23+,25-,26-,27+,28-,29-,30+/m0/s1. The van der Waals surface area contributed by atoms with Gasteiger partial charge in [0.05, 0.1) is 29.8 Å². The van der Waals surface area contributed by atoms with Gasteiger partial charge in [0.15, 0.2) is 0 Å². The minimum Gasteiger partial charge on any atom is -0.481 e. The molecule has 5 rings (SSSR count). The topological polar surface area (TPSA) is 118 Å². The van der Waals surface area contributed by atoms with Gasteiger partial charge in [-0.3, -0.25) is 4.79 Å². The molecule has 0 aromatic rings. The largest absolute Gasteiger partial charge is 0.481 e. The van der Waals surface area contributed by atoms with Crippen LogP contribution in [0.2, 0.25) is 0 Å². The van der Waals surface area contributed by atoms with Crippen LogP contribution in [0, 0.1) is 50.7 Å². The Morgan fingerprint density at radius 1 is 1.00 bits per heavy atom. The van der Waals surface area contributed by atoms with Crippen LogP contribution in [-0.2, 0) is 4.79 Å². The van der Waals surface area contributed by atoms with Gasteiger partial charge in [0.2, 0.25) is 0 Å². The normalized spacial score (nSPS) is 58.6. The molecule has 204 valence electrons. The number of allylic oxidation sites excluding steroid dienone is 1. The summed E-state index contributed by atoms with van der Waals surface area (Å²) in [5.41, 5.74) is -2.28. The monoisotopic (exact) mass is 504 g/mol. The van der Waals surface area contributed by atoms with Crippen molar-refractivity contribution in [2.75, 3.05) is 6.61 Å². The lowest BCUT2D eigenvalue weighted by Gasteiger charge is -2.72. The zero-order valence-corrected chi connectivity index (χ0v) is 23.0. The second-order valence-corrected chi connectivity index (χ2v) is 14.7. The van der Waals surface area contributed by atoms with E-state index >= 15 is 0 Å². The third-order valence-electron chi connectivity index (χ3n) is 13.6. The van der Waals surface area contributed by atoms with Crippen LogP contribution in [0.5, 0.6) is 0 Å². The summed E-state index contributed by atoms with van der Waals surface area (Å²) in [4.78, 5) is 12.8. The summed E-state index contributed by atoms with van der Waals surface area (Å²) in [7, 11) is 0. The number of aliphatic hydroxyl groups excluding tert-OH is 3. The summed E-state index contributed by atoms with van der Waals surface area (Å²) in [6, 6.07) is 0. The number of carboxylic acids is 1. The maximum Gasteiger partial charge on any atom is 0.310 e. The third-order valence-corrected chi connectivity index (χ3v) is 13.6. The molecule has 6 heteroatoms. The van der Waals surface area contributed by atoms with E-state index in [1.807, 2.05) is 13.8 Å². The highest BCUT2D eigenvalue weighted by molar-refractivity contribution is 5.77. The first-order valence-corrected chi connectivity index (χ1v) is 14.2. The second kappa shape index (κ2) is 7.80. The summed E-state index contributed by atoms with van der Waals surface area (Å²) in [5, 5.41) is 54.8. The van der Waals surface area contributed by atoms with Crippen LogP contribution in [0.1, 0.15) is 92.9 Å². The summed E-state index contributed by atoms with van der Waals surface area (Å²) >= 11 is 0. The molecular formula is C30H48O6. The number of carbonyl (C=O) groups is 1. The molecule has 12 atom stereocenters. The van der Waals surface area contributed by atoms with Gasteiger partial charge >= 0.3 is 5.97 Å². The average molecular weight is 505 g/mol. The molecule has 4 saturated carbocycles. The minimum absolute atomic E-state index is 0.0252. The fourth-order valence-electron chi connectivity index (χ4n) is 11.0. The molecule has 4 fully saturated rings. The van der Waals surface area contributed by atoms with Gasteiger partial charge < -0.3 is 25.5 Å². The number of hydrogen-bond acceptors (Lipinski definition) is 5. The van der Waals surface area contributed by atoms with E-state index in [1.54, 1.807) is 0 Å². The van der Waals surface area contributed by atoms with Crippen molar-refractivity contribution in [3.05, 3.63) is 11.6 Å². The van der Waals surface area contributed by atoms with Gasteiger partial charge in [-0.1, -0.05) is 46.3 Å². The van der Waals surface area contributed by atoms with Crippen molar-refractivity contribution >= 4 is 5.97 Å². The van der Waals surface area contributed by atoms with Gasteiger partial charge in [-0.25, -0.2) is 0 Å². The van der Waals surface area contributed by atoms with Gasteiger partial charge in [-0.15, -0.1) is 0 Å². The molecule has 0 aromatic heterocycles. The lowest BCUT2D eigenvalue weighted by molar-refractivity contribution is -0.247. The molecule has 0 heterocycles. The Morgan fingerprint density at radius 3 is 2.28 bits per heavy atom. The van der Waals surface area contributed by atoms with Crippen molar-refractivity contribution in [2.45, 2.75) is 111 Å². The Morgan fingerprint density at radius 2 is 1.67 bits per heavy atom. The zero-order chi connectivity index (χ0) is 26.7. The fraction of sp³-hybridized carbons (Fsp3) is 0.900. The van der Waals surface area contributed by atoms with E-state index in [2.05, 4.69) is 33.8 Å². The Bertz CT molecular complexity index is 974. The number of aliphatic hydroxyl groups is 4. The van der Waals surface area contributed by atoms with Crippen LogP contribution in [0.25, 0.3) is 0 Å². The predicted molar refractivity (Wildman–Crippen MR) is 137 cm³/mol. The second-order valence-electron chi connectivity index (χ2n) is 14.7. The number of aliphatic carboxylic acids is 1. The van der Waals surface area contributed by atoms with E-state index in [4.69, 9.17) is 0 Å². The SMILES string of the molecule is C[C@H]1CC[C@@]2(C(=O)O)CC[C@]3(C)C(=CC[C@H]4[C@@]5(C)C[C@@H](O)[C@@H](O)[C@@](C)(CO)[C@@H]5CC[C@@]43C)[C@@H]2[C@@]1(C)O. The first kappa shape index (κ1) is 26.6. The zero-order valence-electron chi connectivity index (χ0n) is 23.0. The third kappa shape index (κ3) is 2.91. The van der Waals surface area contributed by atoms with Crippen molar-refractivity contribution in [2.24, 2.45) is 50.7 Å². The first-order chi connectivity index (χ1) is 16.6. The van der Waals surface area contributed by atoms with E-state index in [0.717, 1.165) is 37.7 Å². The van der Waals surface area contributed by atoms with Crippen LogP contribution < -0.4 is 0 Å². The van der Waals surface area contributed by atoms with Gasteiger partial charge in [-0.2, -0.15) is 0 Å².